The van der Waals surface area contributed by atoms with E-state index in [1.807, 2.05) is 12.1 Å². The highest BCUT2D eigenvalue weighted by atomic mass is 35.5. The van der Waals surface area contributed by atoms with Crippen LogP contribution in [0.15, 0.2) is 65.0 Å². The highest BCUT2D eigenvalue weighted by molar-refractivity contribution is 8.01. The van der Waals surface area contributed by atoms with E-state index in [2.05, 4.69) is 15.6 Å². The van der Waals surface area contributed by atoms with E-state index < -0.39 is 0 Å². The number of amides is 2. The number of nitrogens with zero attached hydrogens (tertiary/aromatic N) is 1. The Balaban J connectivity index is 1.38. The number of carbonyl (C=O) groups excluding carboxylic acids is 2. The minimum Gasteiger partial charge on any atom is -0.497 e. The van der Waals surface area contributed by atoms with Gasteiger partial charge in [0.25, 0.3) is 5.91 Å². The second kappa shape index (κ2) is 10.4. The maximum atomic E-state index is 12.5. The molecule has 0 fully saturated rings. The molecule has 3 aromatic carbocycles. The zero-order valence-electron chi connectivity index (χ0n) is 17.2. The van der Waals surface area contributed by atoms with Gasteiger partial charge in [0.2, 0.25) is 5.91 Å². The van der Waals surface area contributed by atoms with Gasteiger partial charge in [0.05, 0.1) is 33.7 Å². The number of benzene rings is 3. The Hall–Kier alpha value is -2.78. The van der Waals surface area contributed by atoms with E-state index in [4.69, 9.17) is 27.9 Å². The van der Waals surface area contributed by atoms with Crippen molar-refractivity contribution in [3.63, 3.8) is 0 Å². The highest BCUT2D eigenvalue weighted by Crippen LogP contribution is 2.32. The molecule has 1 heterocycles. The Morgan fingerprint density at radius 1 is 1.00 bits per heavy atom. The summed E-state index contributed by atoms with van der Waals surface area (Å²) in [4.78, 5) is 29.4. The summed E-state index contributed by atoms with van der Waals surface area (Å²) in [6.45, 7) is 0. The van der Waals surface area contributed by atoms with Crippen LogP contribution in [0.25, 0.3) is 10.2 Å². The van der Waals surface area contributed by atoms with E-state index in [0.717, 1.165) is 20.3 Å². The number of thioether (sulfide) groups is 1. The van der Waals surface area contributed by atoms with Gasteiger partial charge in [-0.15, -0.1) is 11.3 Å². The van der Waals surface area contributed by atoms with Crippen molar-refractivity contribution in [3.8, 4) is 5.75 Å². The molecule has 1 aromatic heterocycles. The van der Waals surface area contributed by atoms with Crippen molar-refractivity contribution in [2.75, 3.05) is 23.5 Å². The highest BCUT2D eigenvalue weighted by Gasteiger charge is 2.13. The molecule has 4 rings (SSSR count). The first-order valence-electron chi connectivity index (χ1n) is 9.65. The normalized spacial score (nSPS) is 10.8. The summed E-state index contributed by atoms with van der Waals surface area (Å²) in [5.74, 6) is 0.496. The van der Waals surface area contributed by atoms with Crippen LogP contribution in [0, 0.1) is 0 Å². The molecule has 168 valence electrons. The number of methoxy groups -OCH3 is 1. The lowest BCUT2D eigenvalue weighted by Crippen LogP contribution is -2.13. The molecular weight excluding hydrogens is 501 g/mol. The molecule has 10 heteroatoms. The Kier molecular flexibility index (Phi) is 7.39. The smallest absolute Gasteiger partial charge is 0.257 e. The van der Waals surface area contributed by atoms with E-state index in [0.29, 0.717) is 22.0 Å². The number of fused-ring (bicyclic) bond motifs is 1. The van der Waals surface area contributed by atoms with Crippen LogP contribution in [0.1, 0.15) is 10.4 Å². The molecule has 0 bridgehead atoms. The number of ether oxygens (including phenoxy) is 1. The summed E-state index contributed by atoms with van der Waals surface area (Å²) in [6.07, 6.45) is 0. The summed E-state index contributed by atoms with van der Waals surface area (Å²) >= 11 is 14.8. The van der Waals surface area contributed by atoms with Gasteiger partial charge in [-0.1, -0.05) is 35.0 Å². The van der Waals surface area contributed by atoms with Gasteiger partial charge < -0.3 is 15.4 Å². The van der Waals surface area contributed by atoms with Crippen LogP contribution >= 0.6 is 46.3 Å². The number of aromatic nitrogens is 1. The van der Waals surface area contributed by atoms with Crippen LogP contribution in [0.4, 0.5) is 11.4 Å². The first-order valence-corrected chi connectivity index (χ1v) is 12.2. The Morgan fingerprint density at radius 2 is 1.76 bits per heavy atom. The van der Waals surface area contributed by atoms with Crippen molar-refractivity contribution in [2.45, 2.75) is 4.34 Å². The number of hydrogen-bond acceptors (Lipinski definition) is 6. The van der Waals surface area contributed by atoms with E-state index in [1.54, 1.807) is 49.6 Å². The molecule has 0 aliphatic heterocycles. The summed E-state index contributed by atoms with van der Waals surface area (Å²) < 4.78 is 6.77. The molecular formula is C23H17Cl2N3O3S2. The topological polar surface area (TPSA) is 80.3 Å². The van der Waals surface area contributed by atoms with Crippen LogP contribution in [0.5, 0.6) is 5.75 Å². The lowest BCUT2D eigenvalue weighted by Gasteiger charge is -2.07. The van der Waals surface area contributed by atoms with Crippen LogP contribution in [0.3, 0.4) is 0 Å². The summed E-state index contributed by atoms with van der Waals surface area (Å²) in [5.41, 5.74) is 2.45. The predicted molar refractivity (Wildman–Crippen MR) is 136 cm³/mol. The zero-order valence-corrected chi connectivity index (χ0v) is 20.4. The maximum Gasteiger partial charge on any atom is 0.257 e. The number of halogens is 2. The predicted octanol–water partition coefficient (Wildman–Crippen LogP) is 6.59. The average Bonchev–Trinajstić information content (AvgIpc) is 3.20. The third-order valence-electron chi connectivity index (χ3n) is 4.50. The molecule has 6 nitrogen and oxygen atoms in total. The third kappa shape index (κ3) is 5.97. The van der Waals surface area contributed by atoms with Gasteiger partial charge >= 0.3 is 0 Å². The molecule has 0 aliphatic rings. The second-order valence-corrected chi connectivity index (χ2v) is 9.90. The van der Waals surface area contributed by atoms with Crippen LogP contribution in [-0.4, -0.2) is 29.7 Å². The van der Waals surface area contributed by atoms with Gasteiger partial charge in [-0.25, -0.2) is 4.98 Å². The second-order valence-electron chi connectivity index (χ2n) is 6.81. The van der Waals surface area contributed by atoms with Crippen molar-refractivity contribution in [3.05, 3.63) is 76.3 Å². The van der Waals surface area contributed by atoms with Crippen molar-refractivity contribution in [1.29, 1.82) is 0 Å². The van der Waals surface area contributed by atoms with Gasteiger partial charge in [-0.2, -0.15) is 0 Å². The van der Waals surface area contributed by atoms with Crippen molar-refractivity contribution in [2.24, 2.45) is 0 Å². The molecule has 0 atom stereocenters. The molecule has 0 aliphatic carbocycles. The molecule has 4 aromatic rings. The average molecular weight is 518 g/mol. The number of thiazole rings is 1. The van der Waals surface area contributed by atoms with Crippen molar-refractivity contribution >= 4 is 79.7 Å². The fraction of sp³-hybridized carbons (Fsp3) is 0.0870. The molecule has 2 amide bonds. The Labute approximate surface area is 208 Å². The third-order valence-corrected chi connectivity index (χ3v) is 7.21. The quantitative estimate of drug-likeness (QED) is 0.270. The van der Waals surface area contributed by atoms with Gasteiger partial charge in [0.15, 0.2) is 4.34 Å². The maximum absolute atomic E-state index is 12.5. The van der Waals surface area contributed by atoms with Gasteiger partial charge in [0, 0.05) is 16.4 Å². The van der Waals surface area contributed by atoms with Gasteiger partial charge in [-0.05, 0) is 60.7 Å². The largest absolute Gasteiger partial charge is 0.497 e. The molecule has 0 saturated heterocycles. The summed E-state index contributed by atoms with van der Waals surface area (Å²) in [5, 5.41) is 6.43. The van der Waals surface area contributed by atoms with Crippen molar-refractivity contribution in [1.82, 2.24) is 4.98 Å². The SMILES string of the molecule is COc1ccc(NC(=O)CSc2nc3ccc(NC(=O)c4ccc(Cl)cc4Cl)cc3s2)cc1. The fourth-order valence-corrected chi connectivity index (χ4v) is 5.32. The molecule has 0 radical (unpaired) electrons. The number of carbonyl (C=O) groups is 2. The number of nitrogens with one attached hydrogen (secondary N) is 2. The van der Waals surface area contributed by atoms with E-state index in [1.165, 1.54) is 29.2 Å². The van der Waals surface area contributed by atoms with Crippen LogP contribution < -0.4 is 15.4 Å². The Bertz CT molecular complexity index is 1330. The first kappa shape index (κ1) is 23.4. The first-order chi connectivity index (χ1) is 15.9. The number of rotatable bonds is 7. The van der Waals surface area contributed by atoms with Crippen LogP contribution in [-0.2, 0) is 4.79 Å². The summed E-state index contributed by atoms with van der Waals surface area (Å²) in [6, 6.07) is 17.3. The Morgan fingerprint density at radius 3 is 2.48 bits per heavy atom. The molecule has 0 saturated carbocycles. The summed E-state index contributed by atoms with van der Waals surface area (Å²) in [7, 11) is 1.59. The minimum absolute atomic E-state index is 0.128. The molecule has 0 unspecified atom stereocenters. The minimum atomic E-state index is -0.328. The van der Waals surface area contributed by atoms with E-state index in [-0.39, 0.29) is 22.6 Å². The molecule has 2 N–H and O–H groups in total. The van der Waals surface area contributed by atoms with Gasteiger partial charge in [0.1, 0.15) is 5.75 Å². The number of anilines is 2. The van der Waals surface area contributed by atoms with Crippen LogP contribution in [0.2, 0.25) is 10.0 Å². The van der Waals surface area contributed by atoms with Gasteiger partial charge in [-0.3, -0.25) is 9.59 Å². The number of hydrogen-bond donors (Lipinski definition) is 2. The standard InChI is InChI=1S/C23H17Cl2N3O3S2/c1-31-16-6-3-14(4-7-16)26-21(29)12-32-23-28-19-9-5-15(11-20(19)33-23)27-22(30)17-8-2-13(24)10-18(17)25/h2-11H,12H2,1H3,(H,26,29)(H,27,30). The molecule has 33 heavy (non-hydrogen) atoms. The van der Waals surface area contributed by atoms with E-state index >= 15 is 0 Å². The monoisotopic (exact) mass is 517 g/mol. The fourth-order valence-electron chi connectivity index (χ4n) is 2.91. The van der Waals surface area contributed by atoms with Crippen molar-refractivity contribution < 1.29 is 14.3 Å². The lowest BCUT2D eigenvalue weighted by atomic mass is 10.2. The lowest BCUT2D eigenvalue weighted by molar-refractivity contribution is -0.113. The van der Waals surface area contributed by atoms with E-state index in [9.17, 15) is 9.59 Å². The zero-order chi connectivity index (χ0) is 23.4. The molecule has 0 spiro atoms.